The molecule has 80 valence electrons. The summed E-state index contributed by atoms with van der Waals surface area (Å²) in [6.07, 6.45) is 0.685. The lowest BCUT2D eigenvalue weighted by atomic mass is 10.1. The Hall–Kier alpha value is -1.51. The maximum atomic E-state index is 11.5. The van der Waals surface area contributed by atoms with E-state index in [1.165, 1.54) is 5.56 Å². The maximum Gasteiger partial charge on any atom is 0.414 e. The molecule has 3 nitrogen and oxygen atoms in total. The van der Waals surface area contributed by atoms with Crippen LogP contribution in [0.15, 0.2) is 24.3 Å². The Kier molecular flexibility index (Phi) is 2.62. The van der Waals surface area contributed by atoms with Gasteiger partial charge in [0.2, 0.25) is 0 Å². The molecule has 0 N–H and O–H groups in total. The smallest absolute Gasteiger partial charge is 0.414 e. The molecule has 1 atom stereocenters. The van der Waals surface area contributed by atoms with Gasteiger partial charge in [-0.1, -0.05) is 24.6 Å². The highest BCUT2D eigenvalue weighted by Crippen LogP contribution is 2.24. The minimum absolute atomic E-state index is 0.181. The van der Waals surface area contributed by atoms with Gasteiger partial charge in [-0.15, -0.1) is 0 Å². The fourth-order valence-electron chi connectivity index (χ4n) is 1.78. The number of aryl methyl sites for hydroxylation is 1. The van der Waals surface area contributed by atoms with Crippen molar-refractivity contribution in [1.29, 1.82) is 0 Å². The van der Waals surface area contributed by atoms with Crippen molar-refractivity contribution < 1.29 is 9.53 Å². The SMILES string of the molecule is CC[C@H]1COC(=O)N1c1ccc(C)cc1. The lowest BCUT2D eigenvalue weighted by Gasteiger charge is -2.20. The number of carbonyl (C=O) groups excluding carboxylic acids is 1. The highest BCUT2D eigenvalue weighted by Gasteiger charge is 2.32. The molecule has 1 aliphatic rings. The first-order valence-corrected chi connectivity index (χ1v) is 5.25. The van der Waals surface area contributed by atoms with Gasteiger partial charge in [0.25, 0.3) is 0 Å². The number of benzene rings is 1. The first-order chi connectivity index (χ1) is 7.22. The van der Waals surface area contributed by atoms with E-state index >= 15 is 0 Å². The zero-order valence-electron chi connectivity index (χ0n) is 9.06. The molecular formula is C12H15NO2. The summed E-state index contributed by atoms with van der Waals surface area (Å²) in [4.78, 5) is 13.3. The summed E-state index contributed by atoms with van der Waals surface area (Å²) in [6.45, 7) is 4.60. The van der Waals surface area contributed by atoms with Crippen LogP contribution < -0.4 is 4.90 Å². The van der Waals surface area contributed by atoms with Gasteiger partial charge in [0, 0.05) is 5.69 Å². The number of ether oxygens (including phenoxy) is 1. The molecule has 1 aromatic rings. The number of rotatable bonds is 2. The fourth-order valence-corrected chi connectivity index (χ4v) is 1.78. The number of nitrogens with zero attached hydrogens (tertiary/aromatic N) is 1. The molecule has 0 saturated carbocycles. The van der Waals surface area contributed by atoms with Crippen molar-refractivity contribution in [3.63, 3.8) is 0 Å². The van der Waals surface area contributed by atoms with Crippen molar-refractivity contribution in [3.8, 4) is 0 Å². The van der Waals surface area contributed by atoms with Crippen LogP contribution in [0.5, 0.6) is 0 Å². The maximum absolute atomic E-state index is 11.5. The summed E-state index contributed by atoms with van der Waals surface area (Å²) in [5, 5.41) is 0. The number of hydrogen-bond acceptors (Lipinski definition) is 2. The molecule has 0 aliphatic carbocycles. The summed E-state index contributed by atoms with van der Waals surface area (Å²) in [6, 6.07) is 8.12. The van der Waals surface area contributed by atoms with Crippen LogP contribution in [0.2, 0.25) is 0 Å². The van der Waals surface area contributed by atoms with Gasteiger partial charge in [-0.3, -0.25) is 4.90 Å². The van der Waals surface area contributed by atoms with Crippen LogP contribution >= 0.6 is 0 Å². The van der Waals surface area contributed by atoms with Gasteiger partial charge in [-0.2, -0.15) is 0 Å². The van der Waals surface area contributed by atoms with Gasteiger partial charge < -0.3 is 4.74 Å². The molecule has 0 aromatic heterocycles. The van der Waals surface area contributed by atoms with E-state index in [2.05, 4.69) is 6.92 Å². The minimum atomic E-state index is -0.231. The van der Waals surface area contributed by atoms with E-state index in [1.54, 1.807) is 4.90 Å². The molecule has 1 aromatic carbocycles. The second kappa shape index (κ2) is 3.93. The van der Waals surface area contributed by atoms with Gasteiger partial charge in [-0.25, -0.2) is 4.79 Å². The molecule has 0 radical (unpaired) electrons. The fraction of sp³-hybridized carbons (Fsp3) is 0.417. The predicted octanol–water partition coefficient (Wildman–Crippen LogP) is 2.73. The summed E-state index contributed by atoms with van der Waals surface area (Å²) < 4.78 is 5.04. The predicted molar refractivity (Wildman–Crippen MR) is 59.1 cm³/mol. The van der Waals surface area contributed by atoms with Crippen molar-refractivity contribution in [2.45, 2.75) is 26.3 Å². The van der Waals surface area contributed by atoms with Gasteiger partial charge in [0.15, 0.2) is 0 Å². The summed E-state index contributed by atoms with van der Waals surface area (Å²) in [5.41, 5.74) is 2.12. The Labute approximate surface area is 89.7 Å². The van der Waals surface area contributed by atoms with E-state index < -0.39 is 0 Å². The summed E-state index contributed by atoms with van der Waals surface area (Å²) >= 11 is 0. The molecule has 0 bridgehead atoms. The minimum Gasteiger partial charge on any atom is -0.447 e. The monoisotopic (exact) mass is 205 g/mol. The molecule has 1 amide bonds. The Morgan fingerprint density at radius 2 is 2.07 bits per heavy atom. The van der Waals surface area contributed by atoms with Crippen molar-refractivity contribution in [2.24, 2.45) is 0 Å². The van der Waals surface area contributed by atoms with E-state index in [1.807, 2.05) is 31.2 Å². The zero-order valence-corrected chi connectivity index (χ0v) is 9.06. The normalized spacial score (nSPS) is 20.5. The van der Waals surface area contributed by atoms with E-state index in [4.69, 9.17) is 4.74 Å². The van der Waals surface area contributed by atoms with Gasteiger partial charge in [0.05, 0.1) is 6.04 Å². The Balaban J connectivity index is 2.28. The summed E-state index contributed by atoms with van der Waals surface area (Å²) in [7, 11) is 0. The third kappa shape index (κ3) is 1.82. The van der Waals surface area contributed by atoms with E-state index in [0.717, 1.165) is 12.1 Å². The van der Waals surface area contributed by atoms with E-state index in [0.29, 0.717) is 6.61 Å². The lowest BCUT2D eigenvalue weighted by Crippen LogP contribution is -2.32. The van der Waals surface area contributed by atoms with Crippen LogP contribution in [-0.4, -0.2) is 18.7 Å². The van der Waals surface area contributed by atoms with E-state index in [9.17, 15) is 4.79 Å². The molecule has 0 unspecified atom stereocenters. The number of cyclic esters (lactones) is 1. The van der Waals surface area contributed by atoms with Crippen molar-refractivity contribution in [2.75, 3.05) is 11.5 Å². The number of anilines is 1. The second-order valence-electron chi connectivity index (χ2n) is 3.84. The molecule has 2 rings (SSSR count). The third-order valence-electron chi connectivity index (χ3n) is 2.74. The molecule has 1 aliphatic heterocycles. The number of amides is 1. The van der Waals surface area contributed by atoms with Crippen LogP contribution in [-0.2, 0) is 4.74 Å². The average Bonchev–Trinajstić information content (AvgIpc) is 2.61. The van der Waals surface area contributed by atoms with Crippen LogP contribution in [0.3, 0.4) is 0 Å². The molecule has 0 spiro atoms. The third-order valence-corrected chi connectivity index (χ3v) is 2.74. The standard InChI is InChI=1S/C12H15NO2/c1-3-10-8-15-12(14)13(10)11-6-4-9(2)5-7-11/h4-7,10H,3,8H2,1-2H3/t10-/m0/s1. The average molecular weight is 205 g/mol. The first-order valence-electron chi connectivity index (χ1n) is 5.25. The van der Waals surface area contributed by atoms with Crippen molar-refractivity contribution in [3.05, 3.63) is 29.8 Å². The molecule has 15 heavy (non-hydrogen) atoms. The van der Waals surface area contributed by atoms with Crippen molar-refractivity contribution >= 4 is 11.8 Å². The highest BCUT2D eigenvalue weighted by molar-refractivity contribution is 5.90. The molecule has 1 fully saturated rings. The van der Waals surface area contributed by atoms with Crippen LogP contribution in [0.1, 0.15) is 18.9 Å². The van der Waals surface area contributed by atoms with Gasteiger partial charge in [0.1, 0.15) is 6.61 Å². The topological polar surface area (TPSA) is 29.5 Å². The highest BCUT2D eigenvalue weighted by atomic mass is 16.6. The first kappa shape index (κ1) is 10.0. The second-order valence-corrected chi connectivity index (χ2v) is 3.84. The molecule has 3 heteroatoms. The van der Waals surface area contributed by atoms with Crippen LogP contribution in [0, 0.1) is 6.92 Å². The molecular weight excluding hydrogens is 190 g/mol. The summed E-state index contributed by atoms with van der Waals surface area (Å²) in [5.74, 6) is 0. The largest absolute Gasteiger partial charge is 0.447 e. The number of carbonyl (C=O) groups is 1. The zero-order chi connectivity index (χ0) is 10.8. The Morgan fingerprint density at radius 1 is 1.40 bits per heavy atom. The van der Waals surface area contributed by atoms with Crippen molar-refractivity contribution in [1.82, 2.24) is 0 Å². The Bertz CT molecular complexity index is 358. The van der Waals surface area contributed by atoms with Crippen LogP contribution in [0.25, 0.3) is 0 Å². The van der Waals surface area contributed by atoms with Gasteiger partial charge in [-0.05, 0) is 25.5 Å². The quantitative estimate of drug-likeness (QED) is 0.743. The van der Waals surface area contributed by atoms with E-state index in [-0.39, 0.29) is 12.1 Å². The Morgan fingerprint density at radius 3 is 2.67 bits per heavy atom. The molecule has 1 saturated heterocycles. The van der Waals surface area contributed by atoms with Gasteiger partial charge >= 0.3 is 6.09 Å². The molecule has 1 heterocycles. The van der Waals surface area contributed by atoms with Crippen LogP contribution in [0.4, 0.5) is 10.5 Å². The lowest BCUT2D eigenvalue weighted by molar-refractivity contribution is 0.178. The number of hydrogen-bond donors (Lipinski definition) is 0.